The Balaban J connectivity index is 2.26. The highest BCUT2D eigenvalue weighted by Crippen LogP contribution is 2.33. The van der Waals surface area contributed by atoms with Gasteiger partial charge < -0.3 is 4.57 Å². The lowest BCUT2D eigenvalue weighted by Crippen LogP contribution is -2.08. The zero-order valence-corrected chi connectivity index (χ0v) is 14.3. The average Bonchev–Trinajstić information content (AvgIpc) is 3.04. The van der Waals surface area contributed by atoms with Crippen LogP contribution in [0.2, 0.25) is 0 Å². The van der Waals surface area contributed by atoms with Crippen LogP contribution in [-0.2, 0) is 0 Å². The van der Waals surface area contributed by atoms with Gasteiger partial charge in [-0.25, -0.2) is 0 Å². The summed E-state index contributed by atoms with van der Waals surface area (Å²) >= 11 is 0. The summed E-state index contributed by atoms with van der Waals surface area (Å²) in [4.78, 5) is 4.49. The minimum absolute atomic E-state index is 0.433. The van der Waals surface area contributed by atoms with E-state index in [0.29, 0.717) is 11.8 Å². The summed E-state index contributed by atoms with van der Waals surface area (Å²) in [6, 6.07) is 14.9. The molecule has 0 amide bonds. The Bertz CT molecular complexity index is 756. The molecular formula is C21H24N2. The second-order valence-electron chi connectivity index (χ2n) is 6.61. The number of hydrogen-bond acceptors (Lipinski definition) is 1. The standard InChI is InChI=1S/C21H24N2/c1-15(2)18-13-22-14-19(16(3)4)21(18)23-12-8-11-20(23)17-9-6-5-7-10-17/h5-16H,1-4H3. The van der Waals surface area contributed by atoms with Crippen molar-refractivity contribution in [2.45, 2.75) is 39.5 Å². The number of rotatable bonds is 4. The van der Waals surface area contributed by atoms with Gasteiger partial charge in [0.15, 0.2) is 0 Å². The van der Waals surface area contributed by atoms with Crippen LogP contribution in [-0.4, -0.2) is 9.55 Å². The van der Waals surface area contributed by atoms with E-state index in [9.17, 15) is 0 Å². The summed E-state index contributed by atoms with van der Waals surface area (Å²) in [7, 11) is 0. The molecule has 2 heteroatoms. The molecule has 0 fully saturated rings. The molecule has 0 saturated heterocycles. The largest absolute Gasteiger partial charge is 0.316 e. The van der Waals surface area contributed by atoms with Crippen LogP contribution in [0.3, 0.4) is 0 Å². The summed E-state index contributed by atoms with van der Waals surface area (Å²) in [5.74, 6) is 0.865. The topological polar surface area (TPSA) is 17.8 Å². The molecule has 118 valence electrons. The van der Waals surface area contributed by atoms with Gasteiger partial charge >= 0.3 is 0 Å². The van der Waals surface area contributed by atoms with Crippen molar-refractivity contribution in [3.63, 3.8) is 0 Å². The van der Waals surface area contributed by atoms with E-state index in [2.05, 4.69) is 85.9 Å². The van der Waals surface area contributed by atoms with Crippen LogP contribution in [0, 0.1) is 0 Å². The Kier molecular flexibility index (Phi) is 4.33. The Morgan fingerprint density at radius 2 is 1.39 bits per heavy atom. The van der Waals surface area contributed by atoms with Crippen LogP contribution in [0.25, 0.3) is 16.9 Å². The lowest BCUT2D eigenvalue weighted by molar-refractivity contribution is 0.795. The van der Waals surface area contributed by atoms with Gasteiger partial charge in [0, 0.05) is 18.6 Å². The normalized spacial score (nSPS) is 11.4. The van der Waals surface area contributed by atoms with Crippen molar-refractivity contribution in [3.05, 3.63) is 72.2 Å². The maximum atomic E-state index is 4.49. The van der Waals surface area contributed by atoms with Crippen molar-refractivity contribution in [3.8, 4) is 16.9 Å². The number of pyridine rings is 1. The summed E-state index contributed by atoms with van der Waals surface area (Å²) in [6.45, 7) is 8.93. The molecule has 2 nitrogen and oxygen atoms in total. The Hall–Kier alpha value is -2.35. The van der Waals surface area contributed by atoms with E-state index in [-0.39, 0.29) is 0 Å². The molecule has 0 aliphatic rings. The molecule has 2 aromatic heterocycles. The minimum atomic E-state index is 0.433. The third kappa shape index (κ3) is 2.94. The monoisotopic (exact) mass is 304 g/mol. The van der Waals surface area contributed by atoms with E-state index in [4.69, 9.17) is 0 Å². The molecule has 3 rings (SSSR count). The van der Waals surface area contributed by atoms with E-state index in [1.807, 2.05) is 12.4 Å². The van der Waals surface area contributed by atoms with Crippen LogP contribution >= 0.6 is 0 Å². The zero-order valence-electron chi connectivity index (χ0n) is 14.3. The highest BCUT2D eigenvalue weighted by molar-refractivity contribution is 5.65. The van der Waals surface area contributed by atoms with Gasteiger partial charge in [0.05, 0.1) is 11.4 Å². The molecule has 3 aromatic rings. The van der Waals surface area contributed by atoms with E-state index >= 15 is 0 Å². The molecule has 0 bridgehead atoms. The Labute approximate surface area is 138 Å². The maximum absolute atomic E-state index is 4.49. The van der Waals surface area contributed by atoms with Gasteiger partial charge in [0.2, 0.25) is 0 Å². The van der Waals surface area contributed by atoms with E-state index in [1.165, 1.54) is 28.1 Å². The zero-order chi connectivity index (χ0) is 16.4. The second-order valence-corrected chi connectivity index (χ2v) is 6.61. The van der Waals surface area contributed by atoms with E-state index in [1.54, 1.807) is 0 Å². The van der Waals surface area contributed by atoms with E-state index in [0.717, 1.165) is 0 Å². The van der Waals surface area contributed by atoms with Crippen LogP contribution < -0.4 is 0 Å². The van der Waals surface area contributed by atoms with Gasteiger partial charge in [0.25, 0.3) is 0 Å². The third-order valence-corrected chi connectivity index (χ3v) is 4.28. The SMILES string of the molecule is CC(C)c1cncc(C(C)C)c1-n1cccc1-c1ccccc1. The molecule has 0 unspecified atom stereocenters. The smallest absolute Gasteiger partial charge is 0.0555 e. The first-order valence-electron chi connectivity index (χ1n) is 8.30. The lowest BCUT2D eigenvalue weighted by Gasteiger charge is -2.21. The highest BCUT2D eigenvalue weighted by atomic mass is 15.0. The number of benzene rings is 1. The quantitative estimate of drug-likeness (QED) is 0.597. The summed E-state index contributed by atoms with van der Waals surface area (Å²) in [5, 5.41) is 0. The van der Waals surface area contributed by atoms with E-state index < -0.39 is 0 Å². The van der Waals surface area contributed by atoms with Gasteiger partial charge in [-0.15, -0.1) is 0 Å². The molecule has 0 radical (unpaired) electrons. The fourth-order valence-corrected chi connectivity index (χ4v) is 3.03. The summed E-state index contributed by atoms with van der Waals surface area (Å²) in [6.07, 6.45) is 6.19. The van der Waals surface area contributed by atoms with Crippen LogP contribution in [0.15, 0.2) is 61.1 Å². The van der Waals surface area contributed by atoms with Crippen molar-refractivity contribution < 1.29 is 0 Å². The summed E-state index contributed by atoms with van der Waals surface area (Å²) < 4.78 is 2.32. The average molecular weight is 304 g/mol. The molecule has 2 heterocycles. The molecular weight excluding hydrogens is 280 g/mol. The van der Waals surface area contributed by atoms with Crippen molar-refractivity contribution in [1.82, 2.24) is 9.55 Å². The number of hydrogen-bond donors (Lipinski definition) is 0. The molecule has 23 heavy (non-hydrogen) atoms. The van der Waals surface area contributed by atoms with Crippen molar-refractivity contribution in [2.75, 3.05) is 0 Å². The predicted octanol–water partition coefficient (Wildman–Crippen LogP) is 5.79. The number of aromatic nitrogens is 2. The molecule has 0 N–H and O–H groups in total. The van der Waals surface area contributed by atoms with Crippen LogP contribution in [0.1, 0.15) is 50.7 Å². The first-order valence-corrected chi connectivity index (χ1v) is 8.30. The third-order valence-electron chi connectivity index (χ3n) is 4.28. The molecule has 1 aromatic carbocycles. The first-order chi connectivity index (χ1) is 11.1. The Morgan fingerprint density at radius 3 is 1.96 bits per heavy atom. The van der Waals surface area contributed by atoms with Crippen molar-refractivity contribution in [2.24, 2.45) is 0 Å². The fraction of sp³-hybridized carbons (Fsp3) is 0.286. The first kappa shape index (κ1) is 15.5. The van der Waals surface area contributed by atoms with Crippen molar-refractivity contribution in [1.29, 1.82) is 0 Å². The second kappa shape index (κ2) is 6.41. The molecule has 0 aliphatic heterocycles. The fourth-order valence-electron chi connectivity index (χ4n) is 3.03. The van der Waals surface area contributed by atoms with Crippen molar-refractivity contribution >= 4 is 0 Å². The lowest BCUT2D eigenvalue weighted by atomic mass is 9.95. The Morgan fingerprint density at radius 1 is 0.783 bits per heavy atom. The van der Waals surface area contributed by atoms with Gasteiger partial charge in [-0.3, -0.25) is 4.98 Å². The maximum Gasteiger partial charge on any atom is 0.0555 e. The highest BCUT2D eigenvalue weighted by Gasteiger charge is 2.18. The minimum Gasteiger partial charge on any atom is -0.316 e. The summed E-state index contributed by atoms with van der Waals surface area (Å²) in [5.41, 5.74) is 6.34. The molecule has 0 aliphatic carbocycles. The van der Waals surface area contributed by atoms with Crippen LogP contribution in [0.5, 0.6) is 0 Å². The molecule has 0 saturated carbocycles. The molecule has 0 atom stereocenters. The molecule has 0 spiro atoms. The number of nitrogens with zero attached hydrogens (tertiary/aromatic N) is 2. The van der Waals surface area contributed by atoms with Gasteiger partial charge in [-0.05, 0) is 40.7 Å². The van der Waals surface area contributed by atoms with Gasteiger partial charge in [-0.1, -0.05) is 58.0 Å². The van der Waals surface area contributed by atoms with Gasteiger partial charge in [-0.2, -0.15) is 0 Å². The predicted molar refractivity (Wildman–Crippen MR) is 97.2 cm³/mol. The van der Waals surface area contributed by atoms with Gasteiger partial charge in [0.1, 0.15) is 0 Å². The van der Waals surface area contributed by atoms with Crippen LogP contribution in [0.4, 0.5) is 0 Å².